The molecule has 4 rings (SSSR count). The number of nitrogens with one attached hydrogen (secondary N) is 2. The van der Waals surface area contributed by atoms with Gasteiger partial charge >= 0.3 is 12.1 Å². The Bertz CT molecular complexity index is 1060. The lowest BCUT2D eigenvalue weighted by Gasteiger charge is -2.28. The third-order valence-corrected chi connectivity index (χ3v) is 7.28. The van der Waals surface area contributed by atoms with E-state index in [4.69, 9.17) is 9.47 Å². The van der Waals surface area contributed by atoms with Crippen molar-refractivity contribution in [1.82, 2.24) is 10.6 Å². The van der Waals surface area contributed by atoms with Crippen LogP contribution in [0.4, 0.5) is 4.79 Å². The number of fused-ring (bicyclic) bond motifs is 3. The molecule has 1 aliphatic heterocycles. The largest absolute Gasteiger partial charge is 0.479 e. The Morgan fingerprint density at radius 3 is 2.29 bits per heavy atom. The van der Waals surface area contributed by atoms with E-state index in [0.717, 1.165) is 22.3 Å². The lowest BCUT2D eigenvalue weighted by Crippen LogP contribution is -2.48. The van der Waals surface area contributed by atoms with Gasteiger partial charge in [0.25, 0.3) is 0 Å². The van der Waals surface area contributed by atoms with Crippen molar-refractivity contribution < 1.29 is 29.0 Å². The van der Waals surface area contributed by atoms with E-state index in [0.29, 0.717) is 19.4 Å². The second-order valence-corrected chi connectivity index (χ2v) is 9.48. The molecule has 0 radical (unpaired) electrons. The average Bonchev–Trinajstić information content (AvgIpc) is 3.47. The van der Waals surface area contributed by atoms with Crippen molar-refractivity contribution >= 4 is 18.0 Å². The second kappa shape index (κ2) is 10.5. The molecule has 1 unspecified atom stereocenters. The number of aliphatic carboxylic acids is 1. The molecule has 0 saturated carbocycles. The Labute approximate surface area is 205 Å². The van der Waals surface area contributed by atoms with E-state index in [1.807, 2.05) is 31.2 Å². The Morgan fingerprint density at radius 1 is 1.06 bits per heavy atom. The third-order valence-electron chi connectivity index (χ3n) is 7.28. The molecule has 0 aromatic heterocycles. The van der Waals surface area contributed by atoms with Crippen LogP contribution in [0.15, 0.2) is 48.5 Å². The zero-order valence-corrected chi connectivity index (χ0v) is 20.1. The van der Waals surface area contributed by atoms with Gasteiger partial charge in [0, 0.05) is 31.5 Å². The molecular weight excluding hydrogens is 448 g/mol. The van der Waals surface area contributed by atoms with Crippen molar-refractivity contribution in [2.45, 2.75) is 38.7 Å². The second-order valence-electron chi connectivity index (χ2n) is 9.48. The molecule has 2 aromatic rings. The van der Waals surface area contributed by atoms with Crippen LogP contribution in [0.2, 0.25) is 0 Å². The van der Waals surface area contributed by atoms with Crippen LogP contribution in [-0.4, -0.2) is 55.5 Å². The fraction of sp³-hybridized carbons (Fsp3) is 0.444. The van der Waals surface area contributed by atoms with Crippen LogP contribution in [0.1, 0.15) is 43.7 Å². The molecule has 1 aliphatic carbocycles. The van der Waals surface area contributed by atoms with Gasteiger partial charge in [0.15, 0.2) is 6.10 Å². The van der Waals surface area contributed by atoms with E-state index in [9.17, 15) is 19.5 Å². The molecule has 35 heavy (non-hydrogen) atoms. The van der Waals surface area contributed by atoms with Gasteiger partial charge in [-0.05, 0) is 42.0 Å². The summed E-state index contributed by atoms with van der Waals surface area (Å²) >= 11 is 0. The summed E-state index contributed by atoms with van der Waals surface area (Å²) in [7, 11) is 0. The normalized spacial score (nSPS) is 20.4. The zero-order chi connectivity index (χ0) is 25.0. The van der Waals surface area contributed by atoms with Crippen LogP contribution in [0.3, 0.4) is 0 Å². The quantitative estimate of drug-likeness (QED) is 0.506. The molecule has 2 amide bonds. The van der Waals surface area contributed by atoms with Gasteiger partial charge in [-0.2, -0.15) is 0 Å². The van der Waals surface area contributed by atoms with Gasteiger partial charge in [-0.15, -0.1) is 0 Å². The summed E-state index contributed by atoms with van der Waals surface area (Å²) in [5, 5.41) is 14.8. The maximum atomic E-state index is 12.9. The Balaban J connectivity index is 1.30. The first-order valence-electron chi connectivity index (χ1n) is 12.1. The van der Waals surface area contributed by atoms with E-state index in [2.05, 4.69) is 34.9 Å². The summed E-state index contributed by atoms with van der Waals surface area (Å²) in [6, 6.07) is 16.3. The molecule has 1 fully saturated rings. The number of carboxylic acid groups (broad SMARTS) is 1. The van der Waals surface area contributed by atoms with Gasteiger partial charge in [0.1, 0.15) is 6.61 Å². The van der Waals surface area contributed by atoms with Crippen molar-refractivity contribution in [1.29, 1.82) is 0 Å². The molecule has 0 bridgehead atoms. The lowest BCUT2D eigenvalue weighted by molar-refractivity contribution is -0.149. The van der Waals surface area contributed by atoms with E-state index in [-0.39, 0.29) is 37.4 Å². The standard InChI is InChI=1S/C27H32N2O6/c1-3-27(2,25(32)28-14-17-12-13-34-23(17)24(30)31)16-29-26(33)35-15-22-20-10-6-4-8-18(20)19-9-5-7-11-21(19)22/h4-11,17,22-23H,3,12-16H2,1-2H3,(H,28,32)(H,29,33)(H,30,31)/t17-,23-,27?/m0/s1. The maximum absolute atomic E-state index is 12.9. The highest BCUT2D eigenvalue weighted by atomic mass is 16.5. The maximum Gasteiger partial charge on any atom is 0.407 e. The number of carbonyl (C=O) groups excluding carboxylic acids is 2. The number of alkyl carbamates (subject to hydrolysis) is 1. The van der Waals surface area contributed by atoms with Crippen LogP contribution in [0.25, 0.3) is 11.1 Å². The number of ether oxygens (including phenoxy) is 2. The van der Waals surface area contributed by atoms with Crippen molar-refractivity contribution in [2.75, 3.05) is 26.3 Å². The van der Waals surface area contributed by atoms with Crippen molar-refractivity contribution in [3.63, 3.8) is 0 Å². The van der Waals surface area contributed by atoms with Crippen LogP contribution in [-0.2, 0) is 19.1 Å². The minimum absolute atomic E-state index is 0.0372. The van der Waals surface area contributed by atoms with Gasteiger partial charge in [-0.1, -0.05) is 55.5 Å². The van der Waals surface area contributed by atoms with Crippen LogP contribution in [0, 0.1) is 11.3 Å². The zero-order valence-electron chi connectivity index (χ0n) is 20.1. The summed E-state index contributed by atoms with van der Waals surface area (Å²) in [5.41, 5.74) is 3.73. The molecule has 3 N–H and O–H groups in total. The fourth-order valence-corrected chi connectivity index (χ4v) is 4.84. The smallest absolute Gasteiger partial charge is 0.407 e. The number of hydrogen-bond acceptors (Lipinski definition) is 5. The lowest BCUT2D eigenvalue weighted by atomic mass is 9.86. The number of carboxylic acids is 1. The van der Waals surface area contributed by atoms with E-state index in [1.54, 1.807) is 6.92 Å². The first-order chi connectivity index (χ1) is 16.8. The van der Waals surface area contributed by atoms with Crippen molar-refractivity contribution in [3.8, 4) is 11.1 Å². The SMILES string of the molecule is CCC(C)(CNC(=O)OCC1c2ccccc2-c2ccccc21)C(=O)NC[C@@H]1CCO[C@@H]1C(=O)O. The predicted molar refractivity (Wildman–Crippen MR) is 130 cm³/mol. The first kappa shape index (κ1) is 24.7. The van der Waals surface area contributed by atoms with Crippen LogP contribution >= 0.6 is 0 Å². The molecule has 3 atom stereocenters. The topological polar surface area (TPSA) is 114 Å². The molecular formula is C27H32N2O6. The third kappa shape index (κ3) is 5.17. The Hall–Kier alpha value is -3.39. The Kier molecular flexibility index (Phi) is 7.40. The first-order valence-corrected chi connectivity index (χ1v) is 12.1. The number of hydrogen-bond donors (Lipinski definition) is 3. The number of amides is 2. The molecule has 0 spiro atoms. The minimum Gasteiger partial charge on any atom is -0.479 e. The van der Waals surface area contributed by atoms with Crippen molar-refractivity contribution in [3.05, 3.63) is 59.7 Å². The molecule has 1 saturated heterocycles. The molecule has 2 aliphatic rings. The van der Waals surface area contributed by atoms with Crippen molar-refractivity contribution in [2.24, 2.45) is 11.3 Å². The summed E-state index contributed by atoms with van der Waals surface area (Å²) in [5.74, 6) is -1.57. The number of carbonyl (C=O) groups is 3. The van der Waals surface area contributed by atoms with Gasteiger partial charge < -0.3 is 25.2 Å². The van der Waals surface area contributed by atoms with Gasteiger partial charge in [-0.25, -0.2) is 9.59 Å². The summed E-state index contributed by atoms with van der Waals surface area (Å²) in [6.45, 7) is 4.54. The van der Waals surface area contributed by atoms with Gasteiger partial charge in [0.05, 0.1) is 5.41 Å². The highest BCUT2D eigenvalue weighted by Gasteiger charge is 2.37. The molecule has 186 valence electrons. The van der Waals surface area contributed by atoms with E-state index >= 15 is 0 Å². The van der Waals surface area contributed by atoms with Gasteiger partial charge in [0.2, 0.25) is 5.91 Å². The fourth-order valence-electron chi connectivity index (χ4n) is 4.84. The monoisotopic (exact) mass is 480 g/mol. The number of rotatable bonds is 9. The molecule has 8 nitrogen and oxygen atoms in total. The number of benzene rings is 2. The van der Waals surface area contributed by atoms with Crippen LogP contribution < -0.4 is 10.6 Å². The highest BCUT2D eigenvalue weighted by Crippen LogP contribution is 2.44. The highest BCUT2D eigenvalue weighted by molar-refractivity contribution is 5.83. The summed E-state index contributed by atoms with van der Waals surface area (Å²) in [6.07, 6.45) is -0.402. The van der Waals surface area contributed by atoms with E-state index in [1.165, 1.54) is 0 Å². The van der Waals surface area contributed by atoms with Crippen LogP contribution in [0.5, 0.6) is 0 Å². The van der Waals surface area contributed by atoms with Gasteiger partial charge in [-0.3, -0.25) is 4.79 Å². The molecule has 1 heterocycles. The summed E-state index contributed by atoms with van der Waals surface area (Å²) in [4.78, 5) is 36.7. The minimum atomic E-state index is -1.02. The molecule has 8 heteroatoms. The summed E-state index contributed by atoms with van der Waals surface area (Å²) < 4.78 is 10.8. The van der Waals surface area contributed by atoms with E-state index < -0.39 is 23.6 Å². The molecule has 2 aromatic carbocycles. The average molecular weight is 481 g/mol. The Morgan fingerprint density at radius 2 is 1.69 bits per heavy atom. The predicted octanol–water partition coefficient (Wildman–Crippen LogP) is 3.55.